The van der Waals surface area contributed by atoms with Gasteiger partial charge in [-0.3, -0.25) is 9.59 Å². The Morgan fingerprint density at radius 3 is 2.41 bits per heavy atom. The molecule has 0 saturated carbocycles. The van der Waals surface area contributed by atoms with E-state index in [1.807, 2.05) is 48.5 Å². The van der Waals surface area contributed by atoms with Crippen LogP contribution < -0.4 is 10.1 Å². The van der Waals surface area contributed by atoms with Crippen molar-refractivity contribution in [3.05, 3.63) is 94.5 Å². The van der Waals surface area contributed by atoms with Crippen molar-refractivity contribution in [1.29, 1.82) is 0 Å². The van der Waals surface area contributed by atoms with Crippen LogP contribution in [0.3, 0.4) is 0 Å². The largest absolute Gasteiger partial charge is 0.497 e. The Hall–Kier alpha value is -4.15. The number of thioether (sulfide) groups is 1. The third-order valence-electron chi connectivity index (χ3n) is 6.56. The van der Waals surface area contributed by atoms with Gasteiger partial charge >= 0.3 is 5.97 Å². The molecule has 1 N–H and O–H groups in total. The molecule has 11 heteroatoms. The van der Waals surface area contributed by atoms with E-state index < -0.39 is 11.2 Å². The molecule has 0 fully saturated rings. The monoisotopic (exact) mass is 590 g/mol. The Morgan fingerprint density at radius 2 is 1.76 bits per heavy atom. The zero-order valence-corrected chi connectivity index (χ0v) is 23.9. The van der Waals surface area contributed by atoms with Crippen LogP contribution in [-0.2, 0) is 14.3 Å². The first kappa shape index (κ1) is 28.4. The van der Waals surface area contributed by atoms with Crippen LogP contribution in [0.1, 0.15) is 47.3 Å². The van der Waals surface area contributed by atoms with E-state index >= 15 is 0 Å². The molecule has 3 aromatic rings. The molecule has 0 bridgehead atoms. The molecule has 2 amide bonds. The van der Waals surface area contributed by atoms with Crippen molar-refractivity contribution >= 4 is 57.7 Å². The third kappa shape index (κ3) is 6.61. The topological polar surface area (TPSA) is 110 Å². The number of hydrogen-bond acceptors (Lipinski definition) is 8. The highest BCUT2D eigenvalue weighted by molar-refractivity contribution is 8.15. The van der Waals surface area contributed by atoms with E-state index in [9.17, 15) is 14.4 Å². The van der Waals surface area contributed by atoms with E-state index in [0.717, 1.165) is 22.6 Å². The molecule has 41 heavy (non-hydrogen) atoms. The Balaban J connectivity index is 1.29. The van der Waals surface area contributed by atoms with E-state index in [1.165, 1.54) is 11.8 Å². The summed E-state index contributed by atoms with van der Waals surface area (Å²) in [6, 6.07) is 21.3. The molecule has 2 aliphatic heterocycles. The Morgan fingerprint density at radius 1 is 1.05 bits per heavy atom. The average molecular weight is 591 g/mol. The first-order chi connectivity index (χ1) is 19.8. The fraction of sp³-hybridized carbons (Fsp3) is 0.233. The maximum Gasteiger partial charge on any atom is 0.338 e. The maximum absolute atomic E-state index is 12.9. The number of hydrogen-bond donors (Lipinski definition) is 1. The smallest absolute Gasteiger partial charge is 0.338 e. The quantitative estimate of drug-likeness (QED) is 0.335. The van der Waals surface area contributed by atoms with Gasteiger partial charge in [0.15, 0.2) is 5.17 Å². The van der Waals surface area contributed by atoms with Gasteiger partial charge in [-0.05, 0) is 78.7 Å². The predicted octanol–water partition coefficient (Wildman–Crippen LogP) is 5.70. The van der Waals surface area contributed by atoms with Gasteiger partial charge < -0.3 is 14.8 Å². The molecule has 2 heterocycles. The van der Waals surface area contributed by atoms with Crippen LogP contribution in [0, 0.1) is 0 Å². The molecule has 210 valence electrons. The lowest BCUT2D eigenvalue weighted by Gasteiger charge is -2.23. The van der Waals surface area contributed by atoms with E-state index in [4.69, 9.17) is 26.2 Å². The number of halogens is 1. The van der Waals surface area contributed by atoms with Gasteiger partial charge in [0.2, 0.25) is 5.91 Å². The summed E-state index contributed by atoms with van der Waals surface area (Å²) in [5.74, 6) is -0.412. The summed E-state index contributed by atoms with van der Waals surface area (Å²) < 4.78 is 10.3. The third-order valence-corrected chi connectivity index (χ3v) is 7.96. The second kappa shape index (κ2) is 12.6. The van der Waals surface area contributed by atoms with Crippen molar-refractivity contribution in [3.8, 4) is 5.75 Å². The summed E-state index contributed by atoms with van der Waals surface area (Å²) in [7, 11) is 1.62. The zero-order chi connectivity index (χ0) is 28.9. The van der Waals surface area contributed by atoms with Crippen LogP contribution in [0.5, 0.6) is 5.75 Å². The molecular formula is C30H27ClN4O5S. The van der Waals surface area contributed by atoms with Gasteiger partial charge in [-0.1, -0.05) is 35.5 Å². The minimum absolute atomic E-state index is 0.0649. The first-order valence-electron chi connectivity index (χ1n) is 13.0. The fourth-order valence-corrected chi connectivity index (χ4v) is 5.67. The molecule has 0 aromatic heterocycles. The van der Waals surface area contributed by atoms with Gasteiger partial charge in [-0.2, -0.15) is 10.1 Å². The zero-order valence-electron chi connectivity index (χ0n) is 22.4. The number of aliphatic imine (C=N–C) groups is 1. The average Bonchev–Trinajstić information content (AvgIpc) is 3.58. The number of esters is 1. The predicted molar refractivity (Wildman–Crippen MR) is 160 cm³/mol. The van der Waals surface area contributed by atoms with Crippen LogP contribution in [0.2, 0.25) is 5.02 Å². The second-order valence-electron chi connectivity index (χ2n) is 9.28. The highest BCUT2D eigenvalue weighted by Gasteiger charge is 2.39. The van der Waals surface area contributed by atoms with Crippen molar-refractivity contribution in [2.45, 2.75) is 31.1 Å². The number of benzene rings is 3. The molecule has 2 atom stereocenters. The number of nitrogens with one attached hydrogen (secondary N) is 1. The summed E-state index contributed by atoms with van der Waals surface area (Å²) in [5.41, 5.74) is 3.66. The van der Waals surface area contributed by atoms with Crippen LogP contribution >= 0.6 is 23.4 Å². The van der Waals surface area contributed by atoms with Gasteiger partial charge in [0, 0.05) is 23.6 Å². The van der Waals surface area contributed by atoms with Gasteiger partial charge in [0.25, 0.3) is 5.91 Å². The van der Waals surface area contributed by atoms with Crippen molar-refractivity contribution in [1.82, 2.24) is 5.01 Å². The van der Waals surface area contributed by atoms with Crippen LogP contribution in [-0.4, -0.2) is 52.6 Å². The normalized spacial score (nSPS) is 18.1. The number of anilines is 1. The van der Waals surface area contributed by atoms with Gasteiger partial charge in [-0.15, -0.1) is 0 Å². The number of nitrogens with zero attached hydrogens (tertiary/aromatic N) is 3. The van der Waals surface area contributed by atoms with Gasteiger partial charge in [0.1, 0.15) is 11.0 Å². The highest BCUT2D eigenvalue weighted by Crippen LogP contribution is 2.39. The lowest BCUT2D eigenvalue weighted by Crippen LogP contribution is -2.25. The van der Waals surface area contributed by atoms with Gasteiger partial charge in [0.05, 0.1) is 31.0 Å². The van der Waals surface area contributed by atoms with E-state index in [0.29, 0.717) is 27.9 Å². The molecule has 0 radical (unpaired) electrons. The molecule has 0 aliphatic carbocycles. The number of amides is 2. The number of carbonyl (C=O) groups is 3. The second-order valence-corrected chi connectivity index (χ2v) is 10.9. The number of rotatable bonds is 8. The summed E-state index contributed by atoms with van der Waals surface area (Å²) >= 11 is 7.35. The first-order valence-corrected chi connectivity index (χ1v) is 14.2. The molecular weight excluding hydrogens is 564 g/mol. The van der Waals surface area contributed by atoms with Crippen LogP contribution in [0.25, 0.3) is 0 Å². The van der Waals surface area contributed by atoms with Gasteiger partial charge in [-0.25, -0.2) is 9.80 Å². The summed E-state index contributed by atoms with van der Waals surface area (Å²) in [6.07, 6.45) is 0.527. The van der Waals surface area contributed by atoms with Crippen molar-refractivity contribution in [2.24, 2.45) is 10.1 Å². The molecule has 2 unspecified atom stereocenters. The van der Waals surface area contributed by atoms with E-state index in [-0.39, 0.29) is 30.9 Å². The number of amidine groups is 1. The van der Waals surface area contributed by atoms with Crippen molar-refractivity contribution < 1.29 is 23.9 Å². The Labute approximate surface area is 246 Å². The SMILES string of the molecule is CCOC(=O)c1ccc(NC(=O)CC2SC(N3N=C(c4ccc(OC)cc4)CC3c3ccc(Cl)cc3)=NC2=O)cc1. The number of methoxy groups -OCH3 is 1. The summed E-state index contributed by atoms with van der Waals surface area (Å²) in [4.78, 5) is 41.8. The fourth-order valence-electron chi connectivity index (χ4n) is 4.48. The molecule has 0 spiro atoms. The van der Waals surface area contributed by atoms with Crippen LogP contribution in [0.4, 0.5) is 5.69 Å². The van der Waals surface area contributed by atoms with E-state index in [2.05, 4.69) is 10.3 Å². The minimum Gasteiger partial charge on any atom is -0.497 e. The number of carbonyl (C=O) groups excluding carboxylic acids is 3. The molecule has 5 rings (SSSR count). The van der Waals surface area contributed by atoms with Crippen molar-refractivity contribution in [2.75, 3.05) is 19.0 Å². The summed E-state index contributed by atoms with van der Waals surface area (Å²) in [6.45, 7) is 2.01. The molecule has 3 aromatic carbocycles. The maximum atomic E-state index is 12.9. The van der Waals surface area contributed by atoms with Crippen molar-refractivity contribution in [3.63, 3.8) is 0 Å². The lowest BCUT2D eigenvalue weighted by molar-refractivity contribution is -0.121. The summed E-state index contributed by atoms with van der Waals surface area (Å²) in [5, 5.41) is 9.78. The number of hydrazone groups is 1. The number of ether oxygens (including phenoxy) is 2. The molecule has 2 aliphatic rings. The molecule has 9 nitrogen and oxygen atoms in total. The minimum atomic E-state index is -0.685. The highest BCUT2D eigenvalue weighted by atomic mass is 35.5. The Bertz CT molecular complexity index is 1510. The van der Waals surface area contributed by atoms with E-state index in [1.54, 1.807) is 43.3 Å². The molecule has 0 saturated heterocycles. The standard InChI is InChI=1S/C30H27ClN4O5S/c1-3-40-29(38)20-6-12-22(13-7-20)32-27(36)17-26-28(37)33-30(41-26)35-25(19-4-10-21(31)11-5-19)16-24(34-35)18-8-14-23(39-2)15-9-18/h4-15,25-26H,3,16-17H2,1-2H3,(H,32,36). The van der Waals surface area contributed by atoms with Crippen LogP contribution in [0.15, 0.2) is 82.9 Å². The Kier molecular flexibility index (Phi) is 8.70. The lowest BCUT2D eigenvalue weighted by atomic mass is 9.98.